The van der Waals surface area contributed by atoms with E-state index in [0.29, 0.717) is 0 Å². The lowest BCUT2D eigenvalue weighted by atomic mass is 9.99. The second kappa shape index (κ2) is 2.56. The highest BCUT2D eigenvalue weighted by atomic mass is 127. The number of rotatable bonds is 1. The van der Waals surface area contributed by atoms with Gasteiger partial charge in [0.05, 0.1) is 0 Å². The molecule has 0 aliphatic carbocycles. The molecule has 1 heteroatoms. The molecule has 0 unspecified atom stereocenters. The maximum absolute atomic E-state index is 5.16. The van der Waals surface area contributed by atoms with E-state index in [9.17, 15) is 0 Å². The monoisotopic (exact) mass is 208 g/mol. The molecule has 0 rings (SSSR count). The van der Waals surface area contributed by atoms with Gasteiger partial charge in [-0.2, -0.15) is 0 Å². The van der Waals surface area contributed by atoms with Gasteiger partial charge in [0.15, 0.2) is 0 Å². The van der Waals surface area contributed by atoms with Crippen molar-refractivity contribution in [3.05, 3.63) is 0 Å². The van der Waals surface area contributed by atoms with Gasteiger partial charge in [0.2, 0.25) is 0 Å². The molecule has 0 nitrogen and oxygen atoms in total. The summed E-state index contributed by atoms with van der Waals surface area (Å²) in [6.45, 7) is 4.11. The van der Waals surface area contributed by atoms with Gasteiger partial charge in [0.25, 0.3) is 0 Å². The molecule has 0 N–H and O–H groups in total. The van der Waals surface area contributed by atoms with E-state index in [1.54, 1.807) is 0 Å². The predicted octanol–water partition coefficient (Wildman–Crippen LogP) is 2.08. The first kappa shape index (κ1) is 7.29. The van der Waals surface area contributed by atoms with Gasteiger partial charge in [-0.05, 0) is 13.8 Å². The molecule has 0 heterocycles. The van der Waals surface area contributed by atoms with Crippen LogP contribution in [0.1, 0.15) is 13.8 Å². The summed E-state index contributed by atoms with van der Waals surface area (Å²) in [4.78, 5) is 0. The van der Waals surface area contributed by atoms with Crippen LogP contribution in [0.15, 0.2) is 0 Å². The van der Waals surface area contributed by atoms with Crippen molar-refractivity contribution < 1.29 is 0 Å². The van der Waals surface area contributed by atoms with Crippen LogP contribution in [-0.4, -0.2) is 4.43 Å². The minimum atomic E-state index is 0.0978. The first-order chi connectivity index (χ1) is 3.12. The highest BCUT2D eigenvalue weighted by Gasteiger charge is 2.09. The first-order valence-corrected chi connectivity index (χ1v) is 3.69. The fraction of sp³-hybridized carbons (Fsp3) is 0.667. The highest BCUT2D eigenvalue weighted by molar-refractivity contribution is 14.1. The van der Waals surface area contributed by atoms with E-state index in [1.165, 1.54) is 0 Å². The van der Waals surface area contributed by atoms with E-state index in [1.807, 2.05) is 0 Å². The van der Waals surface area contributed by atoms with Gasteiger partial charge in [-0.3, -0.25) is 0 Å². The Morgan fingerprint density at radius 3 is 2.14 bits per heavy atom. The van der Waals surface area contributed by atoms with Crippen LogP contribution in [0.25, 0.3) is 0 Å². The van der Waals surface area contributed by atoms with Crippen LogP contribution in [0.4, 0.5) is 0 Å². The zero-order valence-corrected chi connectivity index (χ0v) is 6.82. The standard InChI is InChI=1S/C6H9I/c1-4-6(2,3)5-7/h1H,5H2,2-3H3. The molecule has 0 spiro atoms. The third-order valence-corrected chi connectivity index (χ3v) is 2.63. The first-order valence-electron chi connectivity index (χ1n) is 2.16. The summed E-state index contributed by atoms with van der Waals surface area (Å²) >= 11 is 2.29. The fourth-order valence-corrected chi connectivity index (χ4v) is 0.259. The normalized spacial score (nSPS) is 10.6. The van der Waals surface area contributed by atoms with Crippen molar-refractivity contribution in [2.45, 2.75) is 13.8 Å². The average Bonchev–Trinajstić information content (AvgIpc) is 1.68. The van der Waals surface area contributed by atoms with Crippen LogP contribution >= 0.6 is 22.6 Å². The van der Waals surface area contributed by atoms with Crippen LogP contribution in [0.3, 0.4) is 0 Å². The number of hydrogen-bond acceptors (Lipinski definition) is 0. The van der Waals surface area contributed by atoms with E-state index >= 15 is 0 Å². The number of terminal acetylenes is 1. The summed E-state index contributed by atoms with van der Waals surface area (Å²) in [7, 11) is 0. The second-order valence-electron chi connectivity index (χ2n) is 2.16. The van der Waals surface area contributed by atoms with Crippen molar-refractivity contribution in [3.63, 3.8) is 0 Å². The van der Waals surface area contributed by atoms with Crippen LogP contribution < -0.4 is 0 Å². The fourth-order valence-electron chi connectivity index (χ4n) is 0.0386. The minimum absolute atomic E-state index is 0.0978. The van der Waals surface area contributed by atoms with Crippen molar-refractivity contribution in [2.75, 3.05) is 4.43 Å². The summed E-state index contributed by atoms with van der Waals surface area (Å²) < 4.78 is 1.03. The highest BCUT2D eigenvalue weighted by Crippen LogP contribution is 2.15. The van der Waals surface area contributed by atoms with Crippen LogP contribution in [0.5, 0.6) is 0 Å². The number of alkyl halides is 1. The molecular formula is C6H9I. The third-order valence-electron chi connectivity index (χ3n) is 0.725. The second-order valence-corrected chi connectivity index (χ2v) is 2.92. The Morgan fingerprint density at radius 1 is 1.71 bits per heavy atom. The molecule has 0 bridgehead atoms. The van der Waals surface area contributed by atoms with Crippen molar-refractivity contribution >= 4 is 22.6 Å². The topological polar surface area (TPSA) is 0 Å². The van der Waals surface area contributed by atoms with Crippen molar-refractivity contribution in [2.24, 2.45) is 5.41 Å². The summed E-state index contributed by atoms with van der Waals surface area (Å²) in [5.74, 6) is 2.68. The van der Waals surface area contributed by atoms with Crippen molar-refractivity contribution in [1.82, 2.24) is 0 Å². The van der Waals surface area contributed by atoms with Gasteiger partial charge in [-0.25, -0.2) is 0 Å². The van der Waals surface area contributed by atoms with E-state index in [0.717, 1.165) is 4.43 Å². The Balaban J connectivity index is 3.66. The Bertz CT molecular complexity index is 86.8. The Labute approximate surface area is 58.8 Å². The van der Waals surface area contributed by atoms with Crippen molar-refractivity contribution in [3.8, 4) is 12.3 Å². The molecule has 0 aliphatic heterocycles. The van der Waals surface area contributed by atoms with E-state index in [4.69, 9.17) is 6.42 Å². The molecule has 0 aromatic rings. The number of halogens is 1. The quantitative estimate of drug-likeness (QED) is 0.351. The molecule has 0 fully saturated rings. The summed E-state index contributed by atoms with van der Waals surface area (Å²) in [5, 5.41) is 0. The molecule has 0 aromatic heterocycles. The van der Waals surface area contributed by atoms with E-state index in [2.05, 4.69) is 42.4 Å². The zero-order valence-electron chi connectivity index (χ0n) is 4.66. The Kier molecular flexibility index (Phi) is 2.67. The lowest BCUT2D eigenvalue weighted by molar-refractivity contribution is 0.594. The predicted molar refractivity (Wildman–Crippen MR) is 41.5 cm³/mol. The lowest BCUT2D eigenvalue weighted by Gasteiger charge is -2.10. The summed E-state index contributed by atoms with van der Waals surface area (Å²) in [5.41, 5.74) is 0.0978. The molecule has 0 radical (unpaired) electrons. The van der Waals surface area contributed by atoms with Crippen LogP contribution in [0, 0.1) is 17.8 Å². The molecular weight excluding hydrogens is 199 g/mol. The largest absolute Gasteiger partial charge is 0.120 e. The SMILES string of the molecule is C#CC(C)(C)CI. The minimum Gasteiger partial charge on any atom is -0.120 e. The van der Waals surface area contributed by atoms with Gasteiger partial charge in [0, 0.05) is 9.84 Å². The third kappa shape index (κ3) is 2.93. The molecule has 0 saturated heterocycles. The van der Waals surface area contributed by atoms with Gasteiger partial charge < -0.3 is 0 Å². The van der Waals surface area contributed by atoms with E-state index < -0.39 is 0 Å². The molecule has 0 amide bonds. The molecule has 0 atom stereocenters. The Morgan fingerprint density at radius 2 is 2.14 bits per heavy atom. The summed E-state index contributed by atoms with van der Waals surface area (Å²) in [6, 6.07) is 0. The van der Waals surface area contributed by atoms with Crippen LogP contribution in [0.2, 0.25) is 0 Å². The van der Waals surface area contributed by atoms with Gasteiger partial charge >= 0.3 is 0 Å². The average molecular weight is 208 g/mol. The molecule has 0 aromatic carbocycles. The maximum Gasteiger partial charge on any atom is 0.0345 e. The molecule has 0 saturated carbocycles. The van der Waals surface area contributed by atoms with Gasteiger partial charge in [0.1, 0.15) is 0 Å². The smallest absolute Gasteiger partial charge is 0.0345 e. The Hall–Kier alpha value is 0.290. The number of hydrogen-bond donors (Lipinski definition) is 0. The lowest BCUT2D eigenvalue weighted by Crippen LogP contribution is -2.07. The van der Waals surface area contributed by atoms with Gasteiger partial charge in [-0.15, -0.1) is 6.42 Å². The van der Waals surface area contributed by atoms with Gasteiger partial charge in [-0.1, -0.05) is 28.5 Å². The zero-order chi connectivity index (χ0) is 5.91. The van der Waals surface area contributed by atoms with Crippen molar-refractivity contribution in [1.29, 1.82) is 0 Å². The summed E-state index contributed by atoms with van der Waals surface area (Å²) in [6.07, 6.45) is 5.16. The maximum atomic E-state index is 5.16. The molecule has 40 valence electrons. The van der Waals surface area contributed by atoms with E-state index in [-0.39, 0.29) is 5.41 Å². The molecule has 7 heavy (non-hydrogen) atoms. The van der Waals surface area contributed by atoms with Crippen LogP contribution in [-0.2, 0) is 0 Å². The molecule has 0 aliphatic rings.